The molecule has 1 unspecified atom stereocenters. The summed E-state index contributed by atoms with van der Waals surface area (Å²) in [4.78, 5) is 17.3. The quantitative estimate of drug-likeness (QED) is 0.785. The summed E-state index contributed by atoms with van der Waals surface area (Å²) in [5.41, 5.74) is 0.916. The first kappa shape index (κ1) is 16.4. The molecule has 112 valence electrons. The van der Waals surface area contributed by atoms with E-state index >= 15 is 0 Å². The number of nitrogens with zero attached hydrogens (tertiary/aromatic N) is 2. The lowest BCUT2D eigenvalue weighted by atomic mass is 10.1. The predicted molar refractivity (Wildman–Crippen MR) is 76.4 cm³/mol. The van der Waals surface area contributed by atoms with Gasteiger partial charge in [-0.1, -0.05) is 13.8 Å². The number of aromatic nitrogens is 1. The second-order valence-corrected chi connectivity index (χ2v) is 5.09. The zero-order valence-electron chi connectivity index (χ0n) is 12.3. The predicted octanol–water partition coefficient (Wildman–Crippen LogP) is 1.35. The molecule has 0 fully saturated rings. The van der Waals surface area contributed by atoms with Gasteiger partial charge in [-0.05, 0) is 18.1 Å². The molecule has 0 radical (unpaired) electrons. The van der Waals surface area contributed by atoms with Crippen molar-refractivity contribution in [3.63, 3.8) is 0 Å². The molecule has 0 saturated carbocycles. The third kappa shape index (κ3) is 4.47. The highest BCUT2D eigenvalue weighted by atomic mass is 16.5. The molecule has 1 aromatic rings. The number of aromatic carboxylic acids is 1. The standard InChI is InChI=1S/C14H22N2O4/c1-9(2)12-5-10(14(18)19)6-13(15-12)16(3)7-11(17)8-20-4/h5-6,9,11,17H,7-8H2,1-4H3,(H,18,19). The molecule has 2 N–H and O–H groups in total. The first-order chi connectivity index (χ1) is 9.35. The van der Waals surface area contributed by atoms with Crippen molar-refractivity contribution < 1.29 is 19.7 Å². The average Bonchev–Trinajstić information content (AvgIpc) is 2.38. The van der Waals surface area contributed by atoms with Gasteiger partial charge in [-0.15, -0.1) is 0 Å². The molecule has 0 spiro atoms. The number of carbonyl (C=O) groups is 1. The van der Waals surface area contributed by atoms with Crippen molar-refractivity contribution in [2.45, 2.75) is 25.9 Å². The number of aliphatic hydroxyl groups excluding tert-OH is 1. The molecule has 0 saturated heterocycles. The number of pyridine rings is 1. The molecule has 1 heterocycles. The van der Waals surface area contributed by atoms with Crippen LogP contribution >= 0.6 is 0 Å². The van der Waals surface area contributed by atoms with Gasteiger partial charge in [0.2, 0.25) is 0 Å². The maximum atomic E-state index is 11.2. The van der Waals surface area contributed by atoms with Crippen molar-refractivity contribution in [2.24, 2.45) is 0 Å². The summed E-state index contributed by atoms with van der Waals surface area (Å²) in [6, 6.07) is 3.09. The van der Waals surface area contributed by atoms with E-state index in [4.69, 9.17) is 9.84 Å². The smallest absolute Gasteiger partial charge is 0.335 e. The SMILES string of the molecule is COCC(O)CN(C)c1cc(C(=O)O)cc(C(C)C)n1. The molecule has 0 bridgehead atoms. The van der Waals surface area contributed by atoms with Gasteiger partial charge in [-0.3, -0.25) is 0 Å². The zero-order valence-corrected chi connectivity index (χ0v) is 12.3. The molecule has 6 nitrogen and oxygen atoms in total. The largest absolute Gasteiger partial charge is 0.478 e. The highest BCUT2D eigenvalue weighted by Crippen LogP contribution is 2.20. The van der Waals surface area contributed by atoms with E-state index in [2.05, 4.69) is 4.98 Å². The van der Waals surface area contributed by atoms with Crippen LogP contribution in [-0.2, 0) is 4.74 Å². The summed E-state index contributed by atoms with van der Waals surface area (Å²) in [6.07, 6.45) is -0.650. The topological polar surface area (TPSA) is 82.9 Å². The molecule has 0 aromatic carbocycles. The van der Waals surface area contributed by atoms with Crippen LogP contribution in [0.5, 0.6) is 0 Å². The summed E-state index contributed by atoms with van der Waals surface area (Å²) >= 11 is 0. The molecule has 0 aliphatic heterocycles. The van der Waals surface area contributed by atoms with Crippen LogP contribution in [0, 0.1) is 0 Å². The molecule has 1 aromatic heterocycles. The molecule has 0 amide bonds. The van der Waals surface area contributed by atoms with E-state index in [0.29, 0.717) is 18.1 Å². The Labute approximate surface area is 119 Å². The van der Waals surface area contributed by atoms with Gasteiger partial charge in [0.05, 0.1) is 18.3 Å². The van der Waals surface area contributed by atoms with Crippen LogP contribution in [0.4, 0.5) is 5.82 Å². The molecular formula is C14H22N2O4. The number of hydrogen-bond acceptors (Lipinski definition) is 5. The van der Waals surface area contributed by atoms with E-state index in [-0.39, 0.29) is 18.1 Å². The Balaban J connectivity index is 3.00. The number of hydrogen-bond donors (Lipinski definition) is 2. The van der Waals surface area contributed by atoms with Crippen LogP contribution in [0.15, 0.2) is 12.1 Å². The van der Waals surface area contributed by atoms with Crippen molar-refractivity contribution in [3.05, 3.63) is 23.4 Å². The lowest BCUT2D eigenvalue weighted by Crippen LogP contribution is -2.32. The molecular weight excluding hydrogens is 260 g/mol. The first-order valence-corrected chi connectivity index (χ1v) is 6.48. The van der Waals surface area contributed by atoms with Crippen LogP contribution in [-0.4, -0.2) is 54.6 Å². The minimum Gasteiger partial charge on any atom is -0.478 e. The van der Waals surface area contributed by atoms with Gasteiger partial charge in [0.15, 0.2) is 0 Å². The van der Waals surface area contributed by atoms with Gasteiger partial charge in [0.25, 0.3) is 0 Å². The molecule has 1 rings (SSSR count). The Morgan fingerprint density at radius 2 is 2.10 bits per heavy atom. The van der Waals surface area contributed by atoms with Crippen LogP contribution in [0.3, 0.4) is 0 Å². The number of rotatable bonds is 7. The van der Waals surface area contributed by atoms with Gasteiger partial charge >= 0.3 is 5.97 Å². The number of carboxylic acid groups (broad SMARTS) is 1. The number of aliphatic hydroxyl groups is 1. The second-order valence-electron chi connectivity index (χ2n) is 5.09. The Morgan fingerprint density at radius 3 is 2.60 bits per heavy atom. The average molecular weight is 282 g/mol. The molecule has 20 heavy (non-hydrogen) atoms. The number of anilines is 1. The van der Waals surface area contributed by atoms with Gasteiger partial charge in [0, 0.05) is 26.4 Å². The highest BCUT2D eigenvalue weighted by molar-refractivity contribution is 5.88. The fraction of sp³-hybridized carbons (Fsp3) is 0.571. The van der Waals surface area contributed by atoms with Crippen molar-refractivity contribution in [3.8, 4) is 0 Å². The number of ether oxygens (including phenoxy) is 1. The van der Waals surface area contributed by atoms with E-state index in [0.717, 1.165) is 0 Å². The minimum absolute atomic E-state index is 0.130. The monoisotopic (exact) mass is 282 g/mol. The van der Waals surface area contributed by atoms with Gasteiger partial charge < -0.3 is 19.8 Å². The van der Waals surface area contributed by atoms with Crippen LogP contribution in [0.1, 0.15) is 35.8 Å². The fourth-order valence-corrected chi connectivity index (χ4v) is 1.81. The summed E-state index contributed by atoms with van der Waals surface area (Å²) in [7, 11) is 3.28. The Hall–Kier alpha value is -1.66. The van der Waals surface area contributed by atoms with E-state index in [1.54, 1.807) is 18.0 Å². The van der Waals surface area contributed by atoms with E-state index in [1.165, 1.54) is 13.2 Å². The van der Waals surface area contributed by atoms with Crippen LogP contribution in [0.25, 0.3) is 0 Å². The number of likely N-dealkylation sites (N-methyl/N-ethyl adjacent to an activating group) is 1. The van der Waals surface area contributed by atoms with Crippen molar-refractivity contribution in [1.82, 2.24) is 4.98 Å². The Morgan fingerprint density at radius 1 is 1.45 bits per heavy atom. The third-order valence-corrected chi connectivity index (χ3v) is 2.90. The summed E-state index contributed by atoms with van der Waals surface area (Å²) in [6.45, 7) is 4.45. The minimum atomic E-state index is -0.985. The second kappa shape index (κ2) is 7.21. The normalized spacial score (nSPS) is 12.5. The molecule has 0 aliphatic rings. The van der Waals surface area contributed by atoms with Crippen molar-refractivity contribution in [1.29, 1.82) is 0 Å². The highest BCUT2D eigenvalue weighted by Gasteiger charge is 2.15. The van der Waals surface area contributed by atoms with Crippen LogP contribution < -0.4 is 4.90 Å². The summed E-state index contributed by atoms with van der Waals surface area (Å²) in [5.74, 6) is -0.324. The Kier molecular flexibility index (Phi) is 5.91. The van der Waals surface area contributed by atoms with Crippen molar-refractivity contribution >= 4 is 11.8 Å². The van der Waals surface area contributed by atoms with E-state index in [1.807, 2.05) is 13.8 Å². The maximum absolute atomic E-state index is 11.2. The molecule has 1 atom stereocenters. The number of methoxy groups -OCH3 is 1. The summed E-state index contributed by atoms with van der Waals surface area (Å²) < 4.78 is 4.87. The fourth-order valence-electron chi connectivity index (χ4n) is 1.81. The lowest BCUT2D eigenvalue weighted by molar-refractivity contribution is 0.0694. The van der Waals surface area contributed by atoms with Gasteiger partial charge in [-0.2, -0.15) is 0 Å². The Bertz CT molecular complexity index is 462. The van der Waals surface area contributed by atoms with Crippen molar-refractivity contribution in [2.75, 3.05) is 32.2 Å². The first-order valence-electron chi connectivity index (χ1n) is 6.48. The summed E-state index contributed by atoms with van der Waals surface area (Å²) in [5, 5.41) is 18.9. The number of carboxylic acids is 1. The van der Waals surface area contributed by atoms with E-state index < -0.39 is 12.1 Å². The van der Waals surface area contributed by atoms with Gasteiger partial charge in [0.1, 0.15) is 5.82 Å². The zero-order chi connectivity index (χ0) is 15.3. The molecule has 0 aliphatic carbocycles. The third-order valence-electron chi connectivity index (χ3n) is 2.90. The van der Waals surface area contributed by atoms with E-state index in [9.17, 15) is 9.90 Å². The lowest BCUT2D eigenvalue weighted by Gasteiger charge is -2.22. The maximum Gasteiger partial charge on any atom is 0.335 e. The van der Waals surface area contributed by atoms with Gasteiger partial charge in [-0.25, -0.2) is 9.78 Å². The molecule has 6 heteroatoms. The van der Waals surface area contributed by atoms with Crippen LogP contribution in [0.2, 0.25) is 0 Å².